The van der Waals surface area contributed by atoms with E-state index in [1.807, 2.05) is 78.9 Å². The summed E-state index contributed by atoms with van der Waals surface area (Å²) >= 11 is 0. The zero-order valence-electron chi connectivity index (χ0n) is 26.2. The van der Waals surface area contributed by atoms with Crippen LogP contribution in [-0.4, -0.2) is 20.9 Å². The zero-order valence-corrected chi connectivity index (χ0v) is 26.2. The first-order valence-electron chi connectivity index (χ1n) is 16.4. The molecule has 0 spiro atoms. The fourth-order valence-corrected chi connectivity index (χ4v) is 7.76. The molecular formula is C44H27N3O2. The van der Waals surface area contributed by atoms with E-state index in [0.717, 1.165) is 49.7 Å². The summed E-state index contributed by atoms with van der Waals surface area (Å²) in [7, 11) is 0. The van der Waals surface area contributed by atoms with Crippen LogP contribution in [0.4, 0.5) is 5.69 Å². The fourth-order valence-electron chi connectivity index (χ4n) is 7.76. The van der Waals surface area contributed by atoms with E-state index in [4.69, 9.17) is 0 Å². The van der Waals surface area contributed by atoms with Gasteiger partial charge in [-0.3, -0.25) is 9.59 Å². The first-order valence-corrected chi connectivity index (χ1v) is 16.4. The van der Waals surface area contributed by atoms with Crippen molar-refractivity contribution in [1.82, 2.24) is 9.13 Å². The van der Waals surface area contributed by atoms with Crippen LogP contribution in [0.15, 0.2) is 164 Å². The number of imide groups is 1. The van der Waals surface area contributed by atoms with Gasteiger partial charge in [-0.2, -0.15) is 0 Å². The van der Waals surface area contributed by atoms with Gasteiger partial charge in [0.05, 0.1) is 50.3 Å². The highest BCUT2D eigenvalue weighted by molar-refractivity contribution is 6.36. The maximum Gasteiger partial charge on any atom is 0.268 e. The van der Waals surface area contributed by atoms with Gasteiger partial charge in [-0.05, 0) is 59.7 Å². The third-order valence-corrected chi connectivity index (χ3v) is 9.84. The molecule has 5 nitrogen and oxygen atoms in total. The molecule has 0 radical (unpaired) electrons. The number of fused-ring (bicyclic) bond motifs is 7. The van der Waals surface area contributed by atoms with Crippen LogP contribution in [0.25, 0.3) is 66.1 Å². The van der Waals surface area contributed by atoms with Crippen molar-refractivity contribution in [3.05, 3.63) is 175 Å². The molecule has 5 heteroatoms. The molecule has 0 atom stereocenters. The van der Waals surface area contributed by atoms with Gasteiger partial charge < -0.3 is 9.13 Å². The molecule has 2 aromatic heterocycles. The molecule has 0 saturated carbocycles. The molecule has 230 valence electrons. The summed E-state index contributed by atoms with van der Waals surface area (Å²) in [4.78, 5) is 30.1. The Balaban J connectivity index is 1.24. The van der Waals surface area contributed by atoms with Gasteiger partial charge >= 0.3 is 0 Å². The van der Waals surface area contributed by atoms with Crippen molar-refractivity contribution in [3.63, 3.8) is 0 Å². The number of hydrogen-bond donors (Lipinski definition) is 0. The summed E-state index contributed by atoms with van der Waals surface area (Å²) in [6.07, 6.45) is 0. The average molecular weight is 630 g/mol. The summed E-state index contributed by atoms with van der Waals surface area (Å²) in [5.41, 5.74) is 9.10. The van der Waals surface area contributed by atoms with E-state index in [0.29, 0.717) is 22.5 Å². The predicted octanol–water partition coefficient (Wildman–Crippen LogP) is 10.3. The molecule has 1 aliphatic heterocycles. The normalized spacial score (nSPS) is 12.9. The van der Waals surface area contributed by atoms with Gasteiger partial charge in [0.1, 0.15) is 0 Å². The molecular weight excluding hydrogens is 603 g/mol. The molecule has 9 aromatic rings. The summed E-state index contributed by atoms with van der Waals surface area (Å²) in [6.45, 7) is 0. The van der Waals surface area contributed by atoms with Gasteiger partial charge in [-0.1, -0.05) is 115 Å². The molecule has 7 aromatic carbocycles. The van der Waals surface area contributed by atoms with Gasteiger partial charge in [0.25, 0.3) is 11.8 Å². The minimum atomic E-state index is -0.332. The third-order valence-electron chi connectivity index (χ3n) is 9.84. The van der Waals surface area contributed by atoms with Crippen molar-refractivity contribution in [3.8, 4) is 22.5 Å². The number of para-hydroxylation sites is 4. The average Bonchev–Trinajstić information content (AvgIpc) is 3.77. The van der Waals surface area contributed by atoms with Crippen molar-refractivity contribution in [2.45, 2.75) is 0 Å². The quantitative estimate of drug-likeness (QED) is 0.182. The van der Waals surface area contributed by atoms with Crippen LogP contribution in [0.2, 0.25) is 0 Å². The van der Waals surface area contributed by atoms with Crippen LogP contribution in [0.3, 0.4) is 0 Å². The van der Waals surface area contributed by atoms with E-state index in [2.05, 4.69) is 88.0 Å². The zero-order chi connectivity index (χ0) is 32.6. The Morgan fingerprint density at radius 3 is 1.63 bits per heavy atom. The fraction of sp³-hybridized carbons (Fsp3) is 0. The van der Waals surface area contributed by atoms with Gasteiger partial charge in [0.15, 0.2) is 0 Å². The number of nitrogens with zero attached hydrogens (tertiary/aromatic N) is 3. The Morgan fingerprint density at radius 2 is 0.918 bits per heavy atom. The second-order valence-corrected chi connectivity index (χ2v) is 12.5. The second-order valence-electron chi connectivity index (χ2n) is 12.5. The number of benzene rings is 7. The van der Waals surface area contributed by atoms with Crippen molar-refractivity contribution in [1.29, 1.82) is 0 Å². The van der Waals surface area contributed by atoms with Crippen LogP contribution in [0.5, 0.6) is 0 Å². The lowest BCUT2D eigenvalue weighted by Crippen LogP contribution is -2.29. The first kappa shape index (κ1) is 27.4. The summed E-state index contributed by atoms with van der Waals surface area (Å²) in [6, 6.07) is 54.9. The van der Waals surface area contributed by atoms with E-state index in [-0.39, 0.29) is 11.8 Å². The van der Waals surface area contributed by atoms with Crippen LogP contribution < -0.4 is 4.90 Å². The monoisotopic (exact) mass is 629 g/mol. The van der Waals surface area contributed by atoms with Gasteiger partial charge in [-0.15, -0.1) is 0 Å². The van der Waals surface area contributed by atoms with Crippen molar-refractivity contribution < 1.29 is 9.59 Å². The van der Waals surface area contributed by atoms with Crippen LogP contribution in [-0.2, 0) is 0 Å². The number of carbonyl (C=O) groups excluding carboxylic acids is 2. The Labute approximate surface area is 281 Å². The highest BCUT2D eigenvalue weighted by Crippen LogP contribution is 2.42. The molecule has 2 amide bonds. The van der Waals surface area contributed by atoms with Crippen LogP contribution in [0, 0.1) is 0 Å². The largest absolute Gasteiger partial charge is 0.307 e. The number of hydrogen-bond acceptors (Lipinski definition) is 2. The van der Waals surface area contributed by atoms with E-state index in [1.54, 1.807) is 6.07 Å². The second kappa shape index (κ2) is 10.4. The first-order chi connectivity index (χ1) is 24.2. The molecule has 0 N–H and O–H groups in total. The minimum Gasteiger partial charge on any atom is -0.307 e. The summed E-state index contributed by atoms with van der Waals surface area (Å²) < 4.78 is 4.50. The minimum absolute atomic E-state index is 0.324. The van der Waals surface area contributed by atoms with Crippen molar-refractivity contribution in [2.24, 2.45) is 0 Å². The van der Waals surface area contributed by atoms with Crippen LogP contribution in [0.1, 0.15) is 20.7 Å². The third kappa shape index (κ3) is 3.87. The maximum atomic E-state index is 14.6. The molecule has 1 aliphatic rings. The lowest BCUT2D eigenvalue weighted by Gasteiger charge is -2.17. The smallest absolute Gasteiger partial charge is 0.268 e. The van der Waals surface area contributed by atoms with Crippen LogP contribution >= 0.6 is 0 Å². The maximum absolute atomic E-state index is 14.6. The summed E-state index contributed by atoms with van der Waals surface area (Å²) in [5, 5.41) is 4.48. The van der Waals surface area contributed by atoms with Crippen molar-refractivity contribution in [2.75, 3.05) is 4.90 Å². The van der Waals surface area contributed by atoms with E-state index in [1.165, 1.54) is 15.7 Å². The molecule has 0 unspecified atom stereocenters. The molecule has 3 heterocycles. The van der Waals surface area contributed by atoms with Gasteiger partial charge in [0.2, 0.25) is 0 Å². The molecule has 49 heavy (non-hydrogen) atoms. The lowest BCUT2D eigenvalue weighted by molar-refractivity contribution is 0.0926. The predicted molar refractivity (Wildman–Crippen MR) is 198 cm³/mol. The van der Waals surface area contributed by atoms with E-state index < -0.39 is 0 Å². The highest BCUT2D eigenvalue weighted by Gasteiger charge is 2.39. The molecule has 10 rings (SSSR count). The number of amides is 2. The van der Waals surface area contributed by atoms with Gasteiger partial charge in [-0.25, -0.2) is 4.90 Å². The highest BCUT2D eigenvalue weighted by atomic mass is 16.2. The summed E-state index contributed by atoms with van der Waals surface area (Å²) in [5.74, 6) is -0.656. The Morgan fingerprint density at radius 1 is 0.388 bits per heavy atom. The topological polar surface area (TPSA) is 47.2 Å². The Kier molecular flexibility index (Phi) is 5.81. The van der Waals surface area contributed by atoms with Gasteiger partial charge in [0, 0.05) is 21.5 Å². The molecule has 0 aliphatic carbocycles. The standard InChI is InChI=1S/C44H27N3O2/c48-43-35-21-12-25-39(41(35)44(49)45(43)30-16-10-15-29(27-30)28-13-2-1-3-14-28)47-38-24-9-6-19-33(38)34-20-11-26-40(42(34)47)46-36-22-7-4-17-31(36)32-18-5-8-23-37(32)46/h1-27H. The van der Waals surface area contributed by atoms with E-state index in [9.17, 15) is 9.59 Å². The molecule has 0 saturated heterocycles. The number of rotatable bonds is 4. The molecule has 0 bridgehead atoms. The van der Waals surface area contributed by atoms with Crippen molar-refractivity contribution >= 4 is 61.1 Å². The van der Waals surface area contributed by atoms with E-state index >= 15 is 0 Å². The lowest BCUT2D eigenvalue weighted by atomic mass is 10.0. The Hall–Kier alpha value is -6.72. The SMILES string of the molecule is O=C1c2cccc(-n3c4ccccc4c4cccc(-n5c6ccccc6c6ccccc65)c43)c2C(=O)N1c1cccc(-c2ccccc2)c1. The number of aromatic nitrogens is 2. The number of carbonyl (C=O) groups is 2. The molecule has 0 fully saturated rings. The Bertz CT molecular complexity index is 2770. The number of anilines is 1.